The lowest BCUT2D eigenvalue weighted by Gasteiger charge is -2.29. The first-order chi connectivity index (χ1) is 17.7. The minimum atomic E-state index is -0.449. The smallest absolute Gasteiger partial charge is 0.255 e. The summed E-state index contributed by atoms with van der Waals surface area (Å²) in [7, 11) is 0. The Hall–Kier alpha value is -3.45. The fourth-order valence-electron chi connectivity index (χ4n) is 6.11. The summed E-state index contributed by atoms with van der Waals surface area (Å²) < 4.78 is 0. The number of aromatic amines is 1. The SMILES string of the molecule is C[C@H](c1cccc(C(=O)N2CCC(O)C2)c1)N1Cc2cc(-c3n[nH]c4c3CCC(C)(C)C4)ccc2C1=O. The van der Waals surface area contributed by atoms with Crippen LogP contribution in [0.4, 0.5) is 0 Å². The molecule has 1 aromatic heterocycles. The first kappa shape index (κ1) is 23.9. The lowest BCUT2D eigenvalue weighted by molar-refractivity contribution is 0.0716. The van der Waals surface area contributed by atoms with E-state index in [2.05, 4.69) is 30.1 Å². The van der Waals surface area contributed by atoms with Gasteiger partial charge in [0.25, 0.3) is 11.8 Å². The van der Waals surface area contributed by atoms with Crippen LogP contribution < -0.4 is 0 Å². The molecule has 1 saturated heterocycles. The van der Waals surface area contributed by atoms with Crippen LogP contribution in [0.15, 0.2) is 42.5 Å². The van der Waals surface area contributed by atoms with E-state index < -0.39 is 6.10 Å². The molecular weight excluding hydrogens is 464 g/mol. The number of aromatic nitrogens is 2. The molecule has 1 unspecified atom stereocenters. The second-order valence-corrected chi connectivity index (χ2v) is 11.7. The zero-order valence-corrected chi connectivity index (χ0v) is 21.8. The molecule has 7 nitrogen and oxygen atoms in total. The second-order valence-electron chi connectivity index (χ2n) is 11.7. The van der Waals surface area contributed by atoms with E-state index in [0.29, 0.717) is 31.6 Å². The maximum absolute atomic E-state index is 13.4. The lowest BCUT2D eigenvalue weighted by atomic mass is 9.76. The Morgan fingerprint density at radius 2 is 2.05 bits per heavy atom. The monoisotopic (exact) mass is 498 g/mol. The second kappa shape index (κ2) is 8.84. The normalized spacial score (nSPS) is 21.2. The molecule has 192 valence electrons. The van der Waals surface area contributed by atoms with Gasteiger partial charge in [0.1, 0.15) is 0 Å². The zero-order valence-electron chi connectivity index (χ0n) is 21.8. The van der Waals surface area contributed by atoms with Gasteiger partial charge in [-0.25, -0.2) is 0 Å². The Labute approximate surface area is 217 Å². The molecule has 0 bridgehead atoms. The first-order valence-corrected chi connectivity index (χ1v) is 13.3. The summed E-state index contributed by atoms with van der Waals surface area (Å²) in [5.74, 6) is -0.0590. The molecule has 3 heterocycles. The van der Waals surface area contributed by atoms with E-state index in [1.165, 1.54) is 11.3 Å². The van der Waals surface area contributed by atoms with Crippen LogP contribution in [0, 0.1) is 5.41 Å². The van der Waals surface area contributed by atoms with Crippen molar-refractivity contribution < 1.29 is 14.7 Å². The number of rotatable bonds is 4. The number of hydrogen-bond donors (Lipinski definition) is 2. The number of benzene rings is 2. The van der Waals surface area contributed by atoms with Crippen LogP contribution >= 0.6 is 0 Å². The van der Waals surface area contributed by atoms with Crippen molar-refractivity contribution in [1.82, 2.24) is 20.0 Å². The number of nitrogens with zero attached hydrogens (tertiary/aromatic N) is 3. The molecule has 0 saturated carbocycles. The Bertz CT molecular complexity index is 1390. The molecule has 2 N–H and O–H groups in total. The third-order valence-corrected chi connectivity index (χ3v) is 8.40. The average Bonchev–Trinajstić information content (AvgIpc) is 3.59. The molecule has 6 rings (SSSR count). The van der Waals surface area contributed by atoms with Crippen molar-refractivity contribution >= 4 is 11.8 Å². The number of β-amino-alcohol motifs (C(OH)–C–C–N with tert-alkyl or cyclic N) is 1. The van der Waals surface area contributed by atoms with E-state index in [-0.39, 0.29) is 23.3 Å². The molecule has 0 spiro atoms. The Balaban J connectivity index is 1.23. The standard InChI is InChI=1S/C30H34N4O3/c1-18(19-5-4-6-21(13-19)28(36)33-12-10-23(35)17-33)34-16-22-14-20(7-8-24(22)29(34)37)27-25-9-11-30(2,3)15-26(25)31-32-27/h4-8,13-14,18,23,35H,9-12,15-17H2,1-3H3,(H,31,32)/t18-,23?/m1/s1. The number of nitrogens with one attached hydrogen (secondary N) is 1. The summed E-state index contributed by atoms with van der Waals surface area (Å²) in [6, 6.07) is 13.4. The van der Waals surface area contributed by atoms with E-state index in [1.54, 1.807) is 4.90 Å². The lowest BCUT2D eigenvalue weighted by Crippen LogP contribution is -2.30. The topological polar surface area (TPSA) is 89.5 Å². The average molecular weight is 499 g/mol. The number of carbonyl (C=O) groups excluding carboxylic acids is 2. The van der Waals surface area contributed by atoms with Gasteiger partial charge in [-0.15, -0.1) is 0 Å². The first-order valence-electron chi connectivity index (χ1n) is 13.3. The summed E-state index contributed by atoms with van der Waals surface area (Å²) in [6.45, 7) is 8.08. The van der Waals surface area contributed by atoms with Gasteiger partial charge in [0.2, 0.25) is 0 Å². The van der Waals surface area contributed by atoms with Crippen molar-refractivity contribution in [2.45, 2.75) is 65.1 Å². The summed E-state index contributed by atoms with van der Waals surface area (Å²) in [5.41, 5.74) is 8.16. The van der Waals surface area contributed by atoms with Gasteiger partial charge in [0.05, 0.1) is 17.8 Å². The van der Waals surface area contributed by atoms with Gasteiger partial charge >= 0.3 is 0 Å². The molecule has 1 aliphatic carbocycles. The van der Waals surface area contributed by atoms with E-state index in [9.17, 15) is 14.7 Å². The molecule has 37 heavy (non-hydrogen) atoms. The van der Waals surface area contributed by atoms with Crippen LogP contribution in [0.3, 0.4) is 0 Å². The molecule has 3 aromatic rings. The number of hydrogen-bond acceptors (Lipinski definition) is 4. The molecule has 3 aliphatic rings. The number of aliphatic hydroxyl groups excluding tert-OH is 1. The number of likely N-dealkylation sites (tertiary alicyclic amines) is 1. The summed E-state index contributed by atoms with van der Waals surface area (Å²) in [4.78, 5) is 29.9. The molecular formula is C30H34N4O3. The third kappa shape index (κ3) is 4.25. The highest BCUT2D eigenvalue weighted by Crippen LogP contribution is 2.39. The zero-order chi connectivity index (χ0) is 25.9. The molecule has 7 heteroatoms. The number of carbonyl (C=O) groups is 2. The largest absolute Gasteiger partial charge is 0.391 e. The van der Waals surface area contributed by atoms with Crippen molar-refractivity contribution in [2.24, 2.45) is 5.41 Å². The predicted molar refractivity (Wildman–Crippen MR) is 141 cm³/mol. The van der Waals surface area contributed by atoms with E-state index in [0.717, 1.165) is 47.2 Å². The van der Waals surface area contributed by atoms with Crippen LogP contribution in [0.2, 0.25) is 0 Å². The molecule has 2 amide bonds. The Morgan fingerprint density at radius 1 is 1.22 bits per heavy atom. The van der Waals surface area contributed by atoms with E-state index >= 15 is 0 Å². The van der Waals surface area contributed by atoms with E-state index in [4.69, 9.17) is 0 Å². The number of amides is 2. The highest BCUT2D eigenvalue weighted by Gasteiger charge is 2.34. The van der Waals surface area contributed by atoms with Gasteiger partial charge in [-0.1, -0.05) is 32.0 Å². The van der Waals surface area contributed by atoms with Crippen molar-refractivity contribution in [2.75, 3.05) is 13.1 Å². The molecule has 1 fully saturated rings. The maximum atomic E-state index is 13.4. The summed E-state index contributed by atoms with van der Waals surface area (Å²) in [6.07, 6.45) is 3.32. The van der Waals surface area contributed by atoms with Gasteiger partial charge in [-0.05, 0) is 73.4 Å². The van der Waals surface area contributed by atoms with Crippen molar-refractivity contribution in [3.05, 3.63) is 76.0 Å². The van der Waals surface area contributed by atoms with Crippen molar-refractivity contribution in [3.63, 3.8) is 0 Å². The Morgan fingerprint density at radius 3 is 2.84 bits per heavy atom. The van der Waals surface area contributed by atoms with Crippen LogP contribution in [-0.2, 0) is 19.4 Å². The van der Waals surface area contributed by atoms with Crippen LogP contribution in [0.25, 0.3) is 11.3 Å². The quantitative estimate of drug-likeness (QED) is 0.554. The fraction of sp³-hybridized carbons (Fsp3) is 0.433. The minimum Gasteiger partial charge on any atom is -0.391 e. The van der Waals surface area contributed by atoms with Gasteiger partial charge in [-0.2, -0.15) is 5.10 Å². The van der Waals surface area contributed by atoms with E-state index in [1.807, 2.05) is 48.2 Å². The molecule has 2 atom stereocenters. The Kier molecular flexibility index (Phi) is 5.71. The van der Waals surface area contributed by atoms with Crippen molar-refractivity contribution in [3.8, 4) is 11.3 Å². The van der Waals surface area contributed by atoms with Gasteiger partial charge in [-0.3, -0.25) is 14.7 Å². The number of aliphatic hydroxyl groups is 1. The third-order valence-electron chi connectivity index (χ3n) is 8.40. The van der Waals surface area contributed by atoms with Crippen molar-refractivity contribution in [1.29, 1.82) is 0 Å². The molecule has 0 radical (unpaired) electrons. The van der Waals surface area contributed by atoms with Crippen LogP contribution in [0.5, 0.6) is 0 Å². The predicted octanol–water partition coefficient (Wildman–Crippen LogP) is 4.52. The minimum absolute atomic E-state index is 0.0132. The maximum Gasteiger partial charge on any atom is 0.255 e. The van der Waals surface area contributed by atoms with Crippen LogP contribution in [-0.4, -0.2) is 56.1 Å². The number of fused-ring (bicyclic) bond motifs is 2. The molecule has 2 aliphatic heterocycles. The van der Waals surface area contributed by atoms with Crippen LogP contribution in [0.1, 0.15) is 82.8 Å². The summed E-state index contributed by atoms with van der Waals surface area (Å²) in [5, 5.41) is 17.8. The number of H-pyrrole nitrogens is 1. The van der Waals surface area contributed by atoms with Gasteiger partial charge < -0.3 is 14.9 Å². The fourth-order valence-corrected chi connectivity index (χ4v) is 6.11. The highest BCUT2D eigenvalue weighted by atomic mass is 16.3. The molecule has 2 aromatic carbocycles. The highest BCUT2D eigenvalue weighted by molar-refractivity contribution is 5.99. The van der Waals surface area contributed by atoms with Gasteiger partial charge in [0, 0.05) is 47.6 Å². The van der Waals surface area contributed by atoms with Gasteiger partial charge in [0.15, 0.2) is 0 Å². The summed E-state index contributed by atoms with van der Waals surface area (Å²) >= 11 is 0.